The number of hydrogen-bond donors (Lipinski definition) is 1. The summed E-state index contributed by atoms with van der Waals surface area (Å²) in [7, 11) is 0. The molecule has 2 bridgehead atoms. The molecule has 4 rings (SSSR count). The van der Waals surface area contributed by atoms with Crippen LogP contribution in [0.1, 0.15) is 45.0 Å². The Hall–Kier alpha value is -1.97. The molecular weight excluding hydrogens is 264 g/mol. The van der Waals surface area contributed by atoms with E-state index in [0.717, 1.165) is 23.1 Å². The van der Waals surface area contributed by atoms with Crippen molar-refractivity contribution in [3.8, 4) is 0 Å². The maximum absolute atomic E-state index is 12.2. The van der Waals surface area contributed by atoms with Crippen molar-refractivity contribution in [2.75, 3.05) is 0 Å². The quantitative estimate of drug-likeness (QED) is 0.873. The normalized spacial score (nSPS) is 32.3. The zero-order chi connectivity index (χ0) is 15.0. The Morgan fingerprint density at radius 3 is 2.19 bits per heavy atom. The van der Waals surface area contributed by atoms with Crippen molar-refractivity contribution in [1.29, 1.82) is 0 Å². The number of fused-ring (bicyclic) bond motifs is 6. The van der Waals surface area contributed by atoms with Gasteiger partial charge in [0.15, 0.2) is 0 Å². The summed E-state index contributed by atoms with van der Waals surface area (Å²) in [6, 6.07) is 7.70. The smallest absolute Gasteiger partial charge is 0.316 e. The Morgan fingerprint density at radius 1 is 1.05 bits per heavy atom. The molecule has 1 N–H and O–H groups in total. The largest absolute Gasteiger partial charge is 0.481 e. The number of carboxylic acids is 1. The summed E-state index contributed by atoms with van der Waals surface area (Å²) in [6.45, 7) is 6.26. The maximum atomic E-state index is 12.2. The van der Waals surface area contributed by atoms with Crippen LogP contribution in [0, 0.1) is 5.41 Å². The first kappa shape index (κ1) is 12.7. The Balaban J connectivity index is 2.15. The van der Waals surface area contributed by atoms with E-state index in [-0.39, 0.29) is 10.8 Å². The van der Waals surface area contributed by atoms with Gasteiger partial charge in [0.2, 0.25) is 0 Å². The van der Waals surface area contributed by atoms with Gasteiger partial charge in [0.25, 0.3) is 0 Å². The van der Waals surface area contributed by atoms with E-state index in [9.17, 15) is 9.90 Å². The predicted octanol–water partition coefficient (Wildman–Crippen LogP) is 3.04. The van der Waals surface area contributed by atoms with E-state index in [4.69, 9.17) is 9.97 Å². The van der Waals surface area contributed by atoms with Crippen LogP contribution < -0.4 is 0 Å². The zero-order valence-electron chi connectivity index (χ0n) is 12.5. The molecule has 0 radical (unpaired) electrons. The van der Waals surface area contributed by atoms with Gasteiger partial charge in [-0.05, 0) is 30.4 Å². The molecule has 0 amide bonds. The number of para-hydroxylation sites is 2. The number of carbonyl (C=O) groups is 1. The van der Waals surface area contributed by atoms with Crippen molar-refractivity contribution >= 4 is 17.0 Å². The summed E-state index contributed by atoms with van der Waals surface area (Å²) >= 11 is 0. The van der Waals surface area contributed by atoms with Gasteiger partial charge >= 0.3 is 5.97 Å². The zero-order valence-corrected chi connectivity index (χ0v) is 12.5. The number of aromatic nitrogens is 2. The van der Waals surface area contributed by atoms with Crippen LogP contribution in [-0.2, 0) is 15.6 Å². The number of carboxylic acid groups (broad SMARTS) is 1. The molecule has 21 heavy (non-hydrogen) atoms. The van der Waals surface area contributed by atoms with Gasteiger partial charge in [-0.3, -0.25) is 4.79 Å². The molecule has 1 saturated carbocycles. The Bertz CT molecular complexity index is 798. The molecule has 2 aliphatic rings. The third-order valence-corrected chi connectivity index (χ3v) is 6.31. The predicted molar refractivity (Wildman–Crippen MR) is 79.2 cm³/mol. The van der Waals surface area contributed by atoms with Gasteiger partial charge in [0.1, 0.15) is 5.41 Å². The minimum atomic E-state index is -0.909. The molecular formula is C17H18N2O2. The van der Waals surface area contributed by atoms with E-state index in [1.807, 2.05) is 24.3 Å². The fraction of sp³-hybridized carbons (Fsp3) is 0.471. The summed E-state index contributed by atoms with van der Waals surface area (Å²) in [5, 5.41) is 9.99. The SMILES string of the molecule is CC1(C)[C@]2(C)CC[C@@]1(C(=O)O)c1nc3ccccc3nc12. The van der Waals surface area contributed by atoms with Crippen LogP contribution in [0.2, 0.25) is 0 Å². The van der Waals surface area contributed by atoms with E-state index in [0.29, 0.717) is 12.1 Å². The van der Waals surface area contributed by atoms with Crippen LogP contribution in [-0.4, -0.2) is 21.0 Å². The summed E-state index contributed by atoms with van der Waals surface area (Å²) < 4.78 is 0. The van der Waals surface area contributed by atoms with Crippen molar-refractivity contribution < 1.29 is 9.90 Å². The summed E-state index contributed by atoms with van der Waals surface area (Å²) in [5.74, 6) is -0.764. The first-order valence-electron chi connectivity index (χ1n) is 7.36. The fourth-order valence-electron chi connectivity index (χ4n) is 4.52. The number of nitrogens with zero attached hydrogens (tertiary/aromatic N) is 2. The molecule has 1 aromatic carbocycles. The summed E-state index contributed by atoms with van der Waals surface area (Å²) in [4.78, 5) is 21.7. The summed E-state index contributed by atoms with van der Waals surface area (Å²) in [6.07, 6.45) is 1.50. The van der Waals surface area contributed by atoms with Gasteiger partial charge in [0, 0.05) is 5.41 Å². The lowest BCUT2D eigenvalue weighted by atomic mass is 9.64. The van der Waals surface area contributed by atoms with Gasteiger partial charge < -0.3 is 5.11 Å². The minimum Gasteiger partial charge on any atom is -0.481 e. The topological polar surface area (TPSA) is 63.1 Å². The lowest BCUT2D eigenvalue weighted by Crippen LogP contribution is -2.45. The first-order valence-corrected chi connectivity index (χ1v) is 7.36. The van der Waals surface area contributed by atoms with Crippen LogP contribution in [0.4, 0.5) is 0 Å². The molecule has 1 fully saturated rings. The van der Waals surface area contributed by atoms with Crippen LogP contribution in [0.3, 0.4) is 0 Å². The van der Waals surface area contributed by atoms with Crippen LogP contribution in [0.15, 0.2) is 24.3 Å². The second kappa shape index (κ2) is 3.43. The molecule has 1 heterocycles. The van der Waals surface area contributed by atoms with Gasteiger partial charge in [-0.25, -0.2) is 9.97 Å². The molecule has 4 nitrogen and oxygen atoms in total. The molecule has 108 valence electrons. The Morgan fingerprint density at radius 2 is 1.62 bits per heavy atom. The first-order chi connectivity index (χ1) is 9.84. The number of rotatable bonds is 1. The number of aliphatic carboxylic acids is 1. The Labute approximate surface area is 123 Å². The standard InChI is InChI=1S/C17H18N2O2/c1-15(2)16(3)8-9-17(15,14(20)21)13-12(16)18-10-6-4-5-7-11(10)19-13/h4-7H,8-9H2,1-3H3,(H,20,21)/t16-,17+/m1/s1. The molecule has 1 aromatic heterocycles. The second-order valence-electron chi connectivity index (χ2n) is 7.08. The van der Waals surface area contributed by atoms with Gasteiger partial charge in [-0.15, -0.1) is 0 Å². The van der Waals surface area contributed by atoms with E-state index < -0.39 is 11.4 Å². The van der Waals surface area contributed by atoms with Crippen molar-refractivity contribution in [1.82, 2.24) is 9.97 Å². The maximum Gasteiger partial charge on any atom is 0.316 e. The van der Waals surface area contributed by atoms with Crippen LogP contribution >= 0.6 is 0 Å². The highest BCUT2D eigenvalue weighted by molar-refractivity contribution is 5.87. The average molecular weight is 282 g/mol. The van der Waals surface area contributed by atoms with Crippen molar-refractivity contribution in [3.05, 3.63) is 35.7 Å². The third kappa shape index (κ3) is 1.13. The van der Waals surface area contributed by atoms with Crippen molar-refractivity contribution in [2.45, 2.75) is 44.4 Å². The van der Waals surface area contributed by atoms with E-state index >= 15 is 0 Å². The van der Waals surface area contributed by atoms with Gasteiger partial charge in [-0.1, -0.05) is 32.9 Å². The Kier molecular flexibility index (Phi) is 2.08. The van der Waals surface area contributed by atoms with Gasteiger partial charge in [0.05, 0.1) is 22.4 Å². The average Bonchev–Trinajstić information content (AvgIpc) is 2.74. The molecule has 0 saturated heterocycles. The van der Waals surface area contributed by atoms with E-state index in [1.54, 1.807) is 0 Å². The molecule has 0 aliphatic heterocycles. The highest BCUT2D eigenvalue weighted by Crippen LogP contribution is 2.70. The third-order valence-electron chi connectivity index (χ3n) is 6.31. The number of hydrogen-bond acceptors (Lipinski definition) is 3. The highest BCUT2D eigenvalue weighted by Gasteiger charge is 2.73. The lowest BCUT2D eigenvalue weighted by Gasteiger charge is -2.37. The van der Waals surface area contributed by atoms with E-state index in [1.165, 1.54) is 0 Å². The second-order valence-corrected chi connectivity index (χ2v) is 7.08. The van der Waals surface area contributed by atoms with Gasteiger partial charge in [-0.2, -0.15) is 0 Å². The monoisotopic (exact) mass is 282 g/mol. The molecule has 4 heteroatoms. The minimum absolute atomic E-state index is 0.224. The van der Waals surface area contributed by atoms with Crippen molar-refractivity contribution in [2.24, 2.45) is 5.41 Å². The van der Waals surface area contributed by atoms with Crippen LogP contribution in [0.5, 0.6) is 0 Å². The van der Waals surface area contributed by atoms with Crippen LogP contribution in [0.25, 0.3) is 11.0 Å². The molecule has 2 aromatic rings. The number of benzene rings is 1. The highest BCUT2D eigenvalue weighted by atomic mass is 16.4. The molecule has 0 spiro atoms. The molecule has 0 unspecified atom stereocenters. The van der Waals surface area contributed by atoms with E-state index in [2.05, 4.69) is 20.8 Å². The lowest BCUT2D eigenvalue weighted by molar-refractivity contribution is -0.148. The summed E-state index contributed by atoms with van der Waals surface area (Å²) in [5.41, 5.74) is 1.69. The molecule has 2 atom stereocenters. The van der Waals surface area contributed by atoms with Crippen molar-refractivity contribution in [3.63, 3.8) is 0 Å². The fourth-order valence-corrected chi connectivity index (χ4v) is 4.52. The molecule has 2 aliphatic carbocycles.